The normalized spacial score (nSPS) is 10.6. The van der Waals surface area contributed by atoms with Crippen molar-refractivity contribution in [2.24, 2.45) is 0 Å². The number of furan rings is 1. The van der Waals surface area contributed by atoms with Gasteiger partial charge < -0.3 is 14.1 Å². The largest absolute Gasteiger partial charge is 0.472 e. The summed E-state index contributed by atoms with van der Waals surface area (Å²) < 4.78 is 10.2. The van der Waals surface area contributed by atoms with Gasteiger partial charge in [-0.1, -0.05) is 17.7 Å². The summed E-state index contributed by atoms with van der Waals surface area (Å²) in [7, 11) is 1.64. The van der Waals surface area contributed by atoms with Crippen LogP contribution >= 0.6 is 0 Å². The summed E-state index contributed by atoms with van der Waals surface area (Å²) in [6, 6.07) is 7.81. The van der Waals surface area contributed by atoms with E-state index in [9.17, 15) is 4.79 Å². The molecule has 2 aromatic rings. The molecule has 21 heavy (non-hydrogen) atoms. The minimum atomic E-state index is 0.0226. The minimum Gasteiger partial charge on any atom is -0.472 e. The molecule has 0 bridgehead atoms. The molecule has 0 N–H and O–H groups in total. The van der Waals surface area contributed by atoms with Crippen LogP contribution < -0.4 is 0 Å². The summed E-state index contributed by atoms with van der Waals surface area (Å²) in [5, 5.41) is 0. The molecule has 1 aromatic carbocycles. The van der Waals surface area contributed by atoms with Crippen LogP contribution in [0.2, 0.25) is 0 Å². The van der Waals surface area contributed by atoms with Crippen LogP contribution in [0.4, 0.5) is 0 Å². The standard InChI is InChI=1S/C17H21NO3/c1-13-4-5-14(2)16(10-13)17(19)18(7-9-20-3)11-15-6-8-21-12-15/h4-6,8,10,12H,7,9,11H2,1-3H3. The molecule has 4 nitrogen and oxygen atoms in total. The Bertz CT molecular complexity index is 590. The zero-order chi connectivity index (χ0) is 15.2. The molecule has 0 saturated carbocycles. The Morgan fingerprint density at radius 2 is 2.10 bits per heavy atom. The lowest BCUT2D eigenvalue weighted by atomic mass is 10.0. The predicted octanol–water partition coefficient (Wildman–Crippen LogP) is 3.19. The number of rotatable bonds is 6. The summed E-state index contributed by atoms with van der Waals surface area (Å²) in [6.07, 6.45) is 3.28. The fourth-order valence-electron chi connectivity index (χ4n) is 2.19. The highest BCUT2D eigenvalue weighted by molar-refractivity contribution is 5.95. The van der Waals surface area contributed by atoms with Crippen molar-refractivity contribution in [3.05, 3.63) is 59.0 Å². The summed E-state index contributed by atoms with van der Waals surface area (Å²) >= 11 is 0. The van der Waals surface area contributed by atoms with Gasteiger partial charge in [0.05, 0.1) is 19.1 Å². The van der Waals surface area contributed by atoms with Gasteiger partial charge in [-0.05, 0) is 31.5 Å². The van der Waals surface area contributed by atoms with Gasteiger partial charge >= 0.3 is 0 Å². The van der Waals surface area contributed by atoms with Gasteiger partial charge in [-0.2, -0.15) is 0 Å². The molecule has 0 saturated heterocycles. The highest BCUT2D eigenvalue weighted by Gasteiger charge is 2.18. The molecule has 0 unspecified atom stereocenters. The van der Waals surface area contributed by atoms with Crippen LogP contribution in [0.5, 0.6) is 0 Å². The third-order valence-corrected chi connectivity index (χ3v) is 3.43. The van der Waals surface area contributed by atoms with Crippen LogP contribution in [0.25, 0.3) is 0 Å². The minimum absolute atomic E-state index is 0.0226. The topological polar surface area (TPSA) is 42.7 Å². The maximum Gasteiger partial charge on any atom is 0.254 e. The third kappa shape index (κ3) is 3.95. The Morgan fingerprint density at radius 3 is 2.76 bits per heavy atom. The van der Waals surface area contributed by atoms with Gasteiger partial charge in [-0.25, -0.2) is 0 Å². The fraction of sp³-hybridized carbons (Fsp3) is 0.353. The molecule has 112 valence electrons. The molecule has 1 heterocycles. The zero-order valence-electron chi connectivity index (χ0n) is 12.8. The predicted molar refractivity (Wildman–Crippen MR) is 81.2 cm³/mol. The third-order valence-electron chi connectivity index (χ3n) is 3.43. The van der Waals surface area contributed by atoms with Gasteiger partial charge in [0.25, 0.3) is 5.91 Å². The SMILES string of the molecule is COCCN(Cc1ccoc1)C(=O)c1cc(C)ccc1C. The van der Waals surface area contributed by atoms with Crippen LogP contribution in [0.3, 0.4) is 0 Å². The molecule has 1 amide bonds. The van der Waals surface area contributed by atoms with Gasteiger partial charge in [0, 0.05) is 31.3 Å². The Kier molecular flexibility index (Phi) is 5.17. The fourth-order valence-corrected chi connectivity index (χ4v) is 2.19. The van der Waals surface area contributed by atoms with Crippen LogP contribution in [-0.2, 0) is 11.3 Å². The number of carbonyl (C=O) groups is 1. The van der Waals surface area contributed by atoms with Crippen molar-refractivity contribution in [1.82, 2.24) is 4.90 Å². The lowest BCUT2D eigenvalue weighted by Crippen LogP contribution is -2.33. The lowest BCUT2D eigenvalue weighted by Gasteiger charge is -2.23. The molecule has 0 fully saturated rings. The van der Waals surface area contributed by atoms with Crippen molar-refractivity contribution < 1.29 is 13.9 Å². The number of hydrogen-bond acceptors (Lipinski definition) is 3. The molecule has 0 aliphatic heterocycles. The van der Waals surface area contributed by atoms with E-state index in [0.29, 0.717) is 19.7 Å². The second-order valence-corrected chi connectivity index (χ2v) is 5.17. The smallest absolute Gasteiger partial charge is 0.254 e. The average Bonchev–Trinajstić information content (AvgIpc) is 2.98. The van der Waals surface area contributed by atoms with Crippen LogP contribution in [-0.4, -0.2) is 31.1 Å². The van der Waals surface area contributed by atoms with Crippen molar-refractivity contribution in [1.29, 1.82) is 0 Å². The van der Waals surface area contributed by atoms with E-state index in [2.05, 4.69) is 0 Å². The van der Waals surface area contributed by atoms with Crippen molar-refractivity contribution >= 4 is 5.91 Å². The maximum atomic E-state index is 12.8. The number of methoxy groups -OCH3 is 1. The average molecular weight is 287 g/mol. The first-order chi connectivity index (χ1) is 10.1. The van der Waals surface area contributed by atoms with E-state index in [0.717, 1.165) is 22.3 Å². The first-order valence-corrected chi connectivity index (χ1v) is 6.98. The van der Waals surface area contributed by atoms with E-state index in [4.69, 9.17) is 9.15 Å². The number of nitrogens with zero attached hydrogens (tertiary/aromatic N) is 1. The van der Waals surface area contributed by atoms with Gasteiger partial charge in [0.2, 0.25) is 0 Å². The first kappa shape index (κ1) is 15.3. The van der Waals surface area contributed by atoms with Crippen molar-refractivity contribution in [3.8, 4) is 0 Å². The maximum absolute atomic E-state index is 12.8. The molecule has 0 radical (unpaired) electrons. The van der Waals surface area contributed by atoms with Crippen LogP contribution in [0.15, 0.2) is 41.2 Å². The Labute approximate surface area is 125 Å². The number of aryl methyl sites for hydroxylation is 2. The van der Waals surface area contributed by atoms with E-state index < -0.39 is 0 Å². The molecule has 0 aliphatic rings. The summed E-state index contributed by atoms with van der Waals surface area (Å²) in [5.41, 5.74) is 3.79. The number of carbonyl (C=O) groups excluding carboxylic acids is 1. The van der Waals surface area contributed by atoms with E-state index in [-0.39, 0.29) is 5.91 Å². The molecule has 4 heteroatoms. The summed E-state index contributed by atoms with van der Waals surface area (Å²) in [4.78, 5) is 14.6. The van der Waals surface area contributed by atoms with Crippen molar-refractivity contribution in [3.63, 3.8) is 0 Å². The summed E-state index contributed by atoms with van der Waals surface area (Å²) in [6.45, 7) is 5.53. The monoisotopic (exact) mass is 287 g/mol. The van der Waals surface area contributed by atoms with Crippen LogP contribution in [0.1, 0.15) is 27.0 Å². The number of ether oxygens (including phenoxy) is 1. The highest BCUT2D eigenvalue weighted by Crippen LogP contribution is 2.15. The van der Waals surface area contributed by atoms with Gasteiger partial charge in [-0.15, -0.1) is 0 Å². The van der Waals surface area contributed by atoms with Gasteiger partial charge in [0.15, 0.2) is 0 Å². The number of benzene rings is 1. The van der Waals surface area contributed by atoms with Crippen LogP contribution in [0, 0.1) is 13.8 Å². The Balaban J connectivity index is 2.22. The lowest BCUT2D eigenvalue weighted by molar-refractivity contribution is 0.0679. The second kappa shape index (κ2) is 7.09. The van der Waals surface area contributed by atoms with E-state index in [1.807, 2.05) is 38.1 Å². The molecule has 2 rings (SSSR count). The highest BCUT2D eigenvalue weighted by atomic mass is 16.5. The Hall–Kier alpha value is -2.07. The molecule has 0 atom stereocenters. The van der Waals surface area contributed by atoms with E-state index in [1.165, 1.54) is 0 Å². The van der Waals surface area contributed by atoms with Crippen molar-refractivity contribution in [2.45, 2.75) is 20.4 Å². The van der Waals surface area contributed by atoms with E-state index >= 15 is 0 Å². The first-order valence-electron chi connectivity index (χ1n) is 6.98. The zero-order valence-corrected chi connectivity index (χ0v) is 12.8. The number of hydrogen-bond donors (Lipinski definition) is 0. The van der Waals surface area contributed by atoms with Gasteiger partial charge in [0.1, 0.15) is 0 Å². The second-order valence-electron chi connectivity index (χ2n) is 5.17. The van der Waals surface area contributed by atoms with Crippen molar-refractivity contribution in [2.75, 3.05) is 20.3 Å². The summed E-state index contributed by atoms with van der Waals surface area (Å²) in [5.74, 6) is 0.0226. The Morgan fingerprint density at radius 1 is 1.29 bits per heavy atom. The molecule has 0 spiro atoms. The number of amides is 1. The molecular weight excluding hydrogens is 266 g/mol. The molecular formula is C17H21NO3. The quantitative estimate of drug-likeness (QED) is 0.819. The molecule has 1 aromatic heterocycles. The van der Waals surface area contributed by atoms with Gasteiger partial charge in [-0.3, -0.25) is 4.79 Å². The molecule has 0 aliphatic carbocycles. The van der Waals surface area contributed by atoms with E-state index in [1.54, 1.807) is 24.5 Å².